The van der Waals surface area contributed by atoms with Crippen LogP contribution in [0.3, 0.4) is 0 Å². The van der Waals surface area contributed by atoms with Crippen molar-refractivity contribution in [3.05, 3.63) is 29.8 Å². The molecule has 1 saturated carbocycles. The Labute approximate surface area is 143 Å². The largest absolute Gasteiger partial charge is 0.339 e. The summed E-state index contributed by atoms with van der Waals surface area (Å²) in [7, 11) is 0. The third-order valence-electron chi connectivity index (χ3n) is 5.34. The van der Waals surface area contributed by atoms with Gasteiger partial charge in [-0.3, -0.25) is 9.59 Å². The molecule has 1 heterocycles. The molecule has 5 heteroatoms. The minimum atomic E-state index is -0.453. The highest BCUT2D eigenvalue weighted by Gasteiger charge is 2.37. The first kappa shape index (κ1) is 17.0. The van der Waals surface area contributed by atoms with Crippen molar-refractivity contribution in [1.82, 2.24) is 4.90 Å². The number of nitrogens with one attached hydrogen (secondary N) is 1. The summed E-state index contributed by atoms with van der Waals surface area (Å²) in [5, 5.41) is 2.96. The molecule has 0 bridgehead atoms. The van der Waals surface area contributed by atoms with Crippen LogP contribution in [0.15, 0.2) is 24.3 Å². The molecule has 3 rings (SSSR count). The summed E-state index contributed by atoms with van der Waals surface area (Å²) in [5.74, 6) is -0.167. The minimum Gasteiger partial charge on any atom is -0.339 e. The maximum atomic E-state index is 12.6. The van der Waals surface area contributed by atoms with Gasteiger partial charge in [-0.05, 0) is 50.8 Å². The highest BCUT2D eigenvalue weighted by molar-refractivity contribution is 5.98. The molecule has 0 aromatic heterocycles. The van der Waals surface area contributed by atoms with E-state index >= 15 is 0 Å². The number of benzene rings is 1. The van der Waals surface area contributed by atoms with Crippen LogP contribution in [0.4, 0.5) is 5.69 Å². The third kappa shape index (κ3) is 3.61. The molecule has 130 valence electrons. The fraction of sp³-hybridized carbons (Fsp3) is 0.579. The summed E-state index contributed by atoms with van der Waals surface area (Å²) in [6.07, 6.45) is 5.95. The molecule has 2 aliphatic rings. The van der Waals surface area contributed by atoms with Gasteiger partial charge >= 0.3 is 0 Å². The van der Waals surface area contributed by atoms with E-state index in [1.54, 1.807) is 6.07 Å². The zero-order chi connectivity index (χ0) is 17.2. The van der Waals surface area contributed by atoms with Crippen LogP contribution in [0, 0.1) is 5.92 Å². The van der Waals surface area contributed by atoms with Crippen molar-refractivity contribution in [2.24, 2.45) is 11.7 Å². The Morgan fingerprint density at radius 3 is 2.67 bits per heavy atom. The van der Waals surface area contributed by atoms with Gasteiger partial charge in [-0.1, -0.05) is 18.9 Å². The second-order valence-corrected chi connectivity index (χ2v) is 7.37. The van der Waals surface area contributed by atoms with Crippen molar-refractivity contribution in [1.29, 1.82) is 0 Å². The average molecular weight is 329 g/mol. The molecule has 1 aliphatic carbocycles. The fourth-order valence-corrected chi connectivity index (χ4v) is 3.85. The van der Waals surface area contributed by atoms with E-state index in [1.807, 2.05) is 30.0 Å². The molecule has 1 aliphatic heterocycles. The summed E-state index contributed by atoms with van der Waals surface area (Å²) in [4.78, 5) is 27.0. The summed E-state index contributed by atoms with van der Waals surface area (Å²) in [6, 6.07) is 7.23. The molecule has 0 radical (unpaired) electrons. The van der Waals surface area contributed by atoms with Gasteiger partial charge in [0.15, 0.2) is 0 Å². The highest BCUT2D eigenvalue weighted by Crippen LogP contribution is 2.32. The Morgan fingerprint density at radius 1 is 1.21 bits per heavy atom. The molecule has 1 aromatic carbocycles. The van der Waals surface area contributed by atoms with Gasteiger partial charge in [0.1, 0.15) is 0 Å². The number of hydrogen-bond acceptors (Lipinski definition) is 3. The summed E-state index contributed by atoms with van der Waals surface area (Å²) < 4.78 is 0. The van der Waals surface area contributed by atoms with Gasteiger partial charge in [-0.2, -0.15) is 0 Å². The predicted octanol–water partition coefficient (Wildman–Crippen LogP) is 2.77. The maximum Gasteiger partial charge on any atom is 0.253 e. The van der Waals surface area contributed by atoms with Crippen molar-refractivity contribution in [2.45, 2.75) is 51.0 Å². The number of carbonyl (C=O) groups excluding carboxylic acids is 2. The topological polar surface area (TPSA) is 75.4 Å². The van der Waals surface area contributed by atoms with E-state index in [9.17, 15) is 9.59 Å². The smallest absolute Gasteiger partial charge is 0.253 e. The lowest BCUT2D eigenvalue weighted by Gasteiger charge is -2.37. The number of likely N-dealkylation sites (tertiary alicyclic amines) is 1. The predicted molar refractivity (Wildman–Crippen MR) is 94.8 cm³/mol. The van der Waals surface area contributed by atoms with E-state index in [0.29, 0.717) is 11.3 Å². The molecule has 2 unspecified atom stereocenters. The van der Waals surface area contributed by atoms with Gasteiger partial charge in [-0.25, -0.2) is 0 Å². The van der Waals surface area contributed by atoms with E-state index in [4.69, 9.17) is 5.73 Å². The lowest BCUT2D eigenvalue weighted by molar-refractivity contribution is -0.122. The normalized spacial score (nSPS) is 27.1. The number of anilines is 1. The van der Waals surface area contributed by atoms with Crippen LogP contribution in [0.5, 0.6) is 0 Å². The highest BCUT2D eigenvalue weighted by atomic mass is 16.2. The van der Waals surface area contributed by atoms with E-state index in [-0.39, 0.29) is 17.7 Å². The van der Waals surface area contributed by atoms with Gasteiger partial charge < -0.3 is 16.0 Å². The van der Waals surface area contributed by atoms with Gasteiger partial charge in [0.05, 0.1) is 5.92 Å². The number of carbonyl (C=O) groups is 2. The number of rotatable bonds is 3. The molecular formula is C19H27N3O2. The van der Waals surface area contributed by atoms with Gasteiger partial charge in [-0.15, -0.1) is 0 Å². The average Bonchev–Trinajstić information content (AvgIpc) is 3.08. The molecule has 2 atom stereocenters. The van der Waals surface area contributed by atoms with Crippen LogP contribution in [0.1, 0.15) is 55.8 Å². The first-order valence-electron chi connectivity index (χ1n) is 8.96. The van der Waals surface area contributed by atoms with E-state index in [1.165, 1.54) is 0 Å². The molecule has 1 aromatic rings. The number of amides is 2. The number of nitrogens with zero attached hydrogens (tertiary/aromatic N) is 1. The molecule has 2 fully saturated rings. The fourth-order valence-electron chi connectivity index (χ4n) is 3.85. The van der Waals surface area contributed by atoms with Crippen LogP contribution >= 0.6 is 0 Å². The van der Waals surface area contributed by atoms with Crippen LogP contribution in [0.2, 0.25) is 0 Å². The zero-order valence-corrected chi connectivity index (χ0v) is 14.4. The molecule has 0 spiro atoms. The number of nitrogens with two attached hydrogens (primary N) is 1. The quantitative estimate of drug-likeness (QED) is 0.895. The third-order valence-corrected chi connectivity index (χ3v) is 5.34. The molecular weight excluding hydrogens is 302 g/mol. The Kier molecular flexibility index (Phi) is 4.90. The first-order valence-corrected chi connectivity index (χ1v) is 8.96. The lowest BCUT2D eigenvalue weighted by Crippen LogP contribution is -2.51. The SMILES string of the molecule is CC1(N)CCCCC1C(=O)Nc1cccc(C(=O)N2CCCC2)c1. The van der Waals surface area contributed by atoms with Crippen LogP contribution in [-0.2, 0) is 4.79 Å². The lowest BCUT2D eigenvalue weighted by atomic mass is 9.74. The standard InChI is InChI=1S/C19H27N3O2/c1-19(20)10-3-2-9-16(19)17(23)21-15-8-6-7-14(13-15)18(24)22-11-4-5-12-22/h6-8,13,16H,2-5,9-12,20H2,1H3,(H,21,23). The minimum absolute atomic E-state index is 0.0366. The van der Waals surface area contributed by atoms with Gasteiger partial charge in [0, 0.05) is 29.9 Å². The monoisotopic (exact) mass is 329 g/mol. The van der Waals surface area contributed by atoms with Crippen molar-refractivity contribution >= 4 is 17.5 Å². The molecule has 1 saturated heterocycles. The zero-order valence-electron chi connectivity index (χ0n) is 14.4. The van der Waals surface area contributed by atoms with Gasteiger partial charge in [0.2, 0.25) is 5.91 Å². The Balaban J connectivity index is 1.70. The van der Waals surface area contributed by atoms with Gasteiger partial charge in [0.25, 0.3) is 5.91 Å². The molecule has 3 N–H and O–H groups in total. The summed E-state index contributed by atoms with van der Waals surface area (Å²) in [6.45, 7) is 3.61. The van der Waals surface area contributed by atoms with E-state index in [2.05, 4.69) is 5.32 Å². The molecule has 2 amide bonds. The Morgan fingerprint density at radius 2 is 1.96 bits per heavy atom. The summed E-state index contributed by atoms with van der Waals surface area (Å²) in [5.41, 5.74) is 7.17. The van der Waals surface area contributed by atoms with Crippen molar-refractivity contribution in [3.63, 3.8) is 0 Å². The molecule has 24 heavy (non-hydrogen) atoms. The second-order valence-electron chi connectivity index (χ2n) is 7.37. The number of hydrogen-bond donors (Lipinski definition) is 2. The first-order chi connectivity index (χ1) is 11.5. The molecule has 5 nitrogen and oxygen atoms in total. The summed E-state index contributed by atoms with van der Waals surface area (Å²) >= 11 is 0. The second kappa shape index (κ2) is 6.93. The Bertz CT molecular complexity index is 621. The maximum absolute atomic E-state index is 12.6. The van der Waals surface area contributed by atoms with Crippen LogP contribution < -0.4 is 11.1 Å². The van der Waals surface area contributed by atoms with Crippen LogP contribution in [0.25, 0.3) is 0 Å². The van der Waals surface area contributed by atoms with Crippen molar-refractivity contribution in [2.75, 3.05) is 18.4 Å². The van der Waals surface area contributed by atoms with E-state index in [0.717, 1.165) is 51.6 Å². The van der Waals surface area contributed by atoms with Crippen molar-refractivity contribution in [3.8, 4) is 0 Å². The van der Waals surface area contributed by atoms with E-state index < -0.39 is 5.54 Å². The Hall–Kier alpha value is -1.88. The van der Waals surface area contributed by atoms with Crippen LogP contribution in [-0.4, -0.2) is 35.3 Å². The van der Waals surface area contributed by atoms with Crippen molar-refractivity contribution < 1.29 is 9.59 Å².